The molecule has 1 aromatic heterocycles. The van der Waals surface area contributed by atoms with Gasteiger partial charge in [-0.1, -0.05) is 6.07 Å². The van der Waals surface area contributed by atoms with Crippen LogP contribution in [-0.2, 0) is 0 Å². The number of amides is 1. The van der Waals surface area contributed by atoms with Crippen molar-refractivity contribution in [3.8, 4) is 0 Å². The van der Waals surface area contributed by atoms with E-state index < -0.39 is 5.82 Å². The Balaban J connectivity index is 1.94. The smallest absolute Gasteiger partial charge is 0.255 e. The minimum absolute atomic E-state index is 0.261. The Kier molecular flexibility index (Phi) is 3.66. The van der Waals surface area contributed by atoms with Crippen LogP contribution in [0.3, 0.4) is 0 Å². The number of benzene rings is 2. The van der Waals surface area contributed by atoms with Gasteiger partial charge in [0.25, 0.3) is 5.91 Å². The van der Waals surface area contributed by atoms with Crippen LogP contribution in [-0.4, -0.2) is 10.9 Å². The molecule has 0 bridgehead atoms. The molecule has 0 aliphatic carbocycles. The van der Waals surface area contributed by atoms with Crippen LogP contribution in [0.2, 0.25) is 0 Å². The van der Waals surface area contributed by atoms with E-state index in [-0.39, 0.29) is 11.5 Å². The lowest BCUT2D eigenvalue weighted by atomic mass is 10.1. The number of halogens is 2. The summed E-state index contributed by atoms with van der Waals surface area (Å²) in [7, 11) is 0. The first-order chi connectivity index (χ1) is 10.1. The van der Waals surface area contributed by atoms with Crippen LogP contribution in [0.25, 0.3) is 10.9 Å². The molecular weight excluding hydrogens is 335 g/mol. The molecule has 0 aliphatic heterocycles. The van der Waals surface area contributed by atoms with Crippen LogP contribution in [0.4, 0.5) is 10.1 Å². The average Bonchev–Trinajstić information content (AvgIpc) is 2.50. The molecule has 0 fully saturated rings. The van der Waals surface area contributed by atoms with Crippen LogP contribution in [0.5, 0.6) is 0 Å². The van der Waals surface area contributed by atoms with Crippen molar-refractivity contribution in [3.05, 3.63) is 70.6 Å². The molecule has 0 saturated carbocycles. The Morgan fingerprint density at radius 3 is 2.81 bits per heavy atom. The highest BCUT2D eigenvalue weighted by molar-refractivity contribution is 9.10. The predicted molar refractivity (Wildman–Crippen MR) is 83.8 cm³/mol. The van der Waals surface area contributed by atoms with E-state index in [1.54, 1.807) is 24.4 Å². The third-order valence-corrected chi connectivity index (χ3v) is 3.72. The number of carbonyl (C=O) groups is 1. The summed E-state index contributed by atoms with van der Waals surface area (Å²) in [6, 6.07) is 13.4. The molecule has 0 aliphatic rings. The molecule has 3 rings (SSSR count). The van der Waals surface area contributed by atoms with Crippen LogP contribution in [0.15, 0.2) is 59.2 Å². The first kappa shape index (κ1) is 13.7. The summed E-state index contributed by atoms with van der Waals surface area (Å²) in [5.41, 5.74) is 1.70. The normalized spacial score (nSPS) is 10.6. The van der Waals surface area contributed by atoms with Crippen molar-refractivity contribution in [3.63, 3.8) is 0 Å². The summed E-state index contributed by atoms with van der Waals surface area (Å²) >= 11 is 3.06. The molecule has 1 N–H and O–H groups in total. The summed E-state index contributed by atoms with van der Waals surface area (Å²) in [6.07, 6.45) is 1.69. The topological polar surface area (TPSA) is 42.0 Å². The second-order valence-electron chi connectivity index (χ2n) is 4.46. The van der Waals surface area contributed by atoms with Gasteiger partial charge in [-0.15, -0.1) is 0 Å². The van der Waals surface area contributed by atoms with Crippen LogP contribution < -0.4 is 5.32 Å². The first-order valence-corrected chi connectivity index (χ1v) is 7.04. The van der Waals surface area contributed by atoms with E-state index in [4.69, 9.17) is 0 Å². The van der Waals surface area contributed by atoms with E-state index in [1.807, 2.05) is 18.2 Å². The molecule has 3 nitrogen and oxygen atoms in total. The summed E-state index contributed by atoms with van der Waals surface area (Å²) in [4.78, 5) is 16.4. The van der Waals surface area contributed by atoms with E-state index >= 15 is 0 Å². The minimum Gasteiger partial charge on any atom is -0.321 e. The Labute approximate surface area is 128 Å². The number of pyridine rings is 1. The molecule has 1 amide bonds. The van der Waals surface area contributed by atoms with E-state index in [9.17, 15) is 9.18 Å². The van der Waals surface area contributed by atoms with E-state index in [1.165, 1.54) is 12.1 Å². The average molecular weight is 345 g/mol. The zero-order chi connectivity index (χ0) is 14.8. The lowest BCUT2D eigenvalue weighted by Crippen LogP contribution is -2.12. The highest BCUT2D eigenvalue weighted by Crippen LogP contribution is 2.22. The number of hydrogen-bond donors (Lipinski definition) is 1. The minimum atomic E-state index is -0.470. The van der Waals surface area contributed by atoms with Gasteiger partial charge in [0.15, 0.2) is 0 Å². The molecule has 0 saturated heterocycles. The predicted octanol–water partition coefficient (Wildman–Crippen LogP) is 4.39. The highest BCUT2D eigenvalue weighted by Gasteiger charge is 2.10. The third-order valence-electron chi connectivity index (χ3n) is 3.08. The fraction of sp³-hybridized carbons (Fsp3) is 0. The number of aromatic nitrogens is 1. The Hall–Kier alpha value is -2.27. The Morgan fingerprint density at radius 1 is 1.14 bits per heavy atom. The largest absolute Gasteiger partial charge is 0.321 e. The van der Waals surface area contributed by atoms with Crippen molar-refractivity contribution in [2.75, 3.05) is 5.32 Å². The summed E-state index contributed by atoms with van der Waals surface area (Å²) < 4.78 is 13.8. The lowest BCUT2D eigenvalue weighted by molar-refractivity contribution is 0.102. The van der Waals surface area contributed by atoms with Gasteiger partial charge in [-0.05, 0) is 58.4 Å². The van der Waals surface area contributed by atoms with Crippen LogP contribution in [0.1, 0.15) is 10.4 Å². The molecule has 0 unspecified atom stereocenters. The summed E-state index contributed by atoms with van der Waals surface area (Å²) in [5, 5.41) is 3.63. The second kappa shape index (κ2) is 5.61. The fourth-order valence-electron chi connectivity index (χ4n) is 2.04. The zero-order valence-corrected chi connectivity index (χ0v) is 12.4. The maximum atomic E-state index is 13.5. The molecule has 3 aromatic rings. The van der Waals surface area contributed by atoms with Gasteiger partial charge in [-0.25, -0.2) is 4.39 Å². The number of nitrogens with zero attached hydrogens (tertiary/aromatic N) is 1. The van der Waals surface area contributed by atoms with Crippen molar-refractivity contribution < 1.29 is 9.18 Å². The fourth-order valence-corrected chi connectivity index (χ4v) is 2.29. The monoisotopic (exact) mass is 344 g/mol. The van der Waals surface area contributed by atoms with Gasteiger partial charge in [-0.3, -0.25) is 9.78 Å². The number of rotatable bonds is 2. The van der Waals surface area contributed by atoms with Gasteiger partial charge in [0.05, 0.1) is 15.7 Å². The molecule has 0 spiro atoms. The molecule has 0 atom stereocenters. The van der Waals surface area contributed by atoms with Crippen molar-refractivity contribution in [2.24, 2.45) is 0 Å². The number of carbonyl (C=O) groups excluding carboxylic acids is 1. The standard InChI is InChI=1S/C16H10BrFN2O/c17-12-7-6-10(9-13(12)18)16(21)20-15-5-1-4-14-11(15)3-2-8-19-14/h1-9H,(H,20,21). The maximum absolute atomic E-state index is 13.5. The number of anilines is 1. The van der Waals surface area contributed by atoms with Crippen molar-refractivity contribution >= 4 is 38.4 Å². The summed E-state index contributed by atoms with van der Waals surface area (Å²) in [5.74, 6) is -0.833. The van der Waals surface area contributed by atoms with E-state index in [0.29, 0.717) is 10.2 Å². The zero-order valence-electron chi connectivity index (χ0n) is 10.8. The van der Waals surface area contributed by atoms with Gasteiger partial charge in [0.1, 0.15) is 5.82 Å². The van der Waals surface area contributed by atoms with Gasteiger partial charge in [0, 0.05) is 17.1 Å². The molecule has 104 valence electrons. The number of fused-ring (bicyclic) bond motifs is 1. The second-order valence-corrected chi connectivity index (χ2v) is 5.31. The summed E-state index contributed by atoms with van der Waals surface area (Å²) in [6.45, 7) is 0. The first-order valence-electron chi connectivity index (χ1n) is 6.25. The number of nitrogens with one attached hydrogen (secondary N) is 1. The van der Waals surface area contributed by atoms with Crippen molar-refractivity contribution in [1.82, 2.24) is 4.98 Å². The van der Waals surface area contributed by atoms with Gasteiger partial charge < -0.3 is 5.32 Å². The molecule has 21 heavy (non-hydrogen) atoms. The van der Waals surface area contributed by atoms with E-state index in [2.05, 4.69) is 26.2 Å². The van der Waals surface area contributed by atoms with Crippen LogP contribution >= 0.6 is 15.9 Å². The molecule has 2 aromatic carbocycles. The molecule has 1 heterocycles. The van der Waals surface area contributed by atoms with Gasteiger partial charge in [0.2, 0.25) is 0 Å². The Morgan fingerprint density at radius 2 is 2.00 bits per heavy atom. The van der Waals surface area contributed by atoms with Gasteiger partial charge in [-0.2, -0.15) is 0 Å². The van der Waals surface area contributed by atoms with E-state index in [0.717, 1.165) is 10.9 Å². The maximum Gasteiger partial charge on any atom is 0.255 e. The highest BCUT2D eigenvalue weighted by atomic mass is 79.9. The lowest BCUT2D eigenvalue weighted by Gasteiger charge is -2.08. The molecule has 5 heteroatoms. The molecule has 0 radical (unpaired) electrons. The third kappa shape index (κ3) is 2.78. The van der Waals surface area contributed by atoms with Gasteiger partial charge >= 0.3 is 0 Å². The van der Waals surface area contributed by atoms with Crippen molar-refractivity contribution in [2.45, 2.75) is 0 Å². The quantitative estimate of drug-likeness (QED) is 0.749. The Bertz CT molecular complexity index is 830. The molecular formula is C16H10BrFN2O. The number of hydrogen-bond acceptors (Lipinski definition) is 2. The van der Waals surface area contributed by atoms with Crippen molar-refractivity contribution in [1.29, 1.82) is 0 Å². The SMILES string of the molecule is O=C(Nc1cccc2ncccc12)c1ccc(Br)c(F)c1. The van der Waals surface area contributed by atoms with Crippen LogP contribution in [0, 0.1) is 5.82 Å².